The largest absolute Gasteiger partial charge is 0.492 e. The molecule has 0 fully saturated rings. The van der Waals surface area contributed by atoms with Crippen LogP contribution in [0.15, 0.2) is 71.9 Å². The molecule has 0 saturated heterocycles. The SMILES string of the molecule is Cc1ccc(C2c3cc(OCCc4cccnc4)c(C(N)=O)cc3CCN2C(=O)NCc2cocn2)c(C)c1. The number of hydrogen-bond acceptors (Lipinski definition) is 6. The summed E-state index contributed by atoms with van der Waals surface area (Å²) in [6, 6.07) is 13.2. The van der Waals surface area contributed by atoms with Crippen molar-refractivity contribution in [2.45, 2.75) is 39.3 Å². The molecule has 5 rings (SSSR count). The first-order chi connectivity index (χ1) is 18.9. The Morgan fingerprint density at radius 1 is 1.18 bits per heavy atom. The van der Waals surface area contributed by atoms with Crippen LogP contribution >= 0.6 is 0 Å². The number of nitrogens with one attached hydrogen (secondary N) is 1. The Hall–Kier alpha value is -4.66. The van der Waals surface area contributed by atoms with Gasteiger partial charge in [0.1, 0.15) is 12.0 Å². The van der Waals surface area contributed by atoms with Gasteiger partial charge in [-0.1, -0.05) is 29.8 Å². The van der Waals surface area contributed by atoms with Gasteiger partial charge in [0.05, 0.1) is 30.5 Å². The fraction of sp³-hybridized carbons (Fsp3) is 0.267. The molecule has 0 radical (unpaired) electrons. The molecule has 9 heteroatoms. The molecule has 1 unspecified atom stereocenters. The lowest BCUT2D eigenvalue weighted by Gasteiger charge is -2.39. The van der Waals surface area contributed by atoms with Gasteiger partial charge in [0.25, 0.3) is 5.91 Å². The summed E-state index contributed by atoms with van der Waals surface area (Å²) in [4.78, 5) is 36.0. The number of pyridine rings is 1. The van der Waals surface area contributed by atoms with Crippen LogP contribution in [0.1, 0.15) is 55.5 Å². The molecule has 9 nitrogen and oxygen atoms in total. The number of urea groups is 1. The zero-order chi connectivity index (χ0) is 27.4. The Morgan fingerprint density at radius 2 is 2.05 bits per heavy atom. The number of nitrogens with two attached hydrogens (primary N) is 1. The summed E-state index contributed by atoms with van der Waals surface area (Å²) in [7, 11) is 0. The second-order valence-electron chi connectivity index (χ2n) is 9.72. The van der Waals surface area contributed by atoms with Gasteiger partial charge in [-0.2, -0.15) is 0 Å². The Balaban J connectivity index is 1.50. The molecular formula is C30H31N5O4. The first kappa shape index (κ1) is 26.0. The fourth-order valence-electron chi connectivity index (χ4n) is 5.07. The number of aryl methyl sites for hydroxylation is 2. The molecule has 0 saturated carbocycles. The van der Waals surface area contributed by atoms with E-state index in [-0.39, 0.29) is 18.6 Å². The quantitative estimate of drug-likeness (QED) is 0.354. The lowest BCUT2D eigenvalue weighted by molar-refractivity contribution is 0.0996. The van der Waals surface area contributed by atoms with E-state index in [9.17, 15) is 9.59 Å². The van der Waals surface area contributed by atoms with Gasteiger partial charge in [-0.15, -0.1) is 0 Å². The Morgan fingerprint density at radius 3 is 2.77 bits per heavy atom. The molecule has 3 N–H and O–H groups in total. The molecule has 3 heterocycles. The molecule has 200 valence electrons. The number of rotatable bonds is 8. The number of ether oxygens (including phenoxy) is 1. The molecule has 4 aromatic rings. The second-order valence-corrected chi connectivity index (χ2v) is 9.72. The maximum atomic E-state index is 13.5. The zero-order valence-corrected chi connectivity index (χ0v) is 22.0. The monoisotopic (exact) mass is 525 g/mol. The molecule has 39 heavy (non-hydrogen) atoms. The zero-order valence-electron chi connectivity index (χ0n) is 22.0. The summed E-state index contributed by atoms with van der Waals surface area (Å²) in [6.07, 6.45) is 7.55. The number of aromatic nitrogens is 2. The number of amides is 3. The van der Waals surface area contributed by atoms with E-state index in [0.29, 0.717) is 43.0 Å². The van der Waals surface area contributed by atoms with E-state index in [1.165, 1.54) is 12.7 Å². The Labute approximate surface area is 227 Å². The average Bonchev–Trinajstić information content (AvgIpc) is 3.45. The number of benzene rings is 2. The number of hydrogen-bond donors (Lipinski definition) is 2. The molecule has 1 aliphatic rings. The van der Waals surface area contributed by atoms with E-state index >= 15 is 0 Å². The molecule has 1 atom stereocenters. The summed E-state index contributed by atoms with van der Waals surface area (Å²) < 4.78 is 11.2. The minimum atomic E-state index is -0.551. The van der Waals surface area contributed by atoms with Gasteiger partial charge in [-0.3, -0.25) is 9.78 Å². The van der Waals surface area contributed by atoms with Gasteiger partial charge in [0.15, 0.2) is 6.39 Å². The minimum Gasteiger partial charge on any atom is -0.492 e. The summed E-state index contributed by atoms with van der Waals surface area (Å²) in [6.45, 7) is 5.16. The molecule has 0 spiro atoms. The summed E-state index contributed by atoms with van der Waals surface area (Å²) in [5.41, 5.74) is 12.9. The van der Waals surface area contributed by atoms with Crippen molar-refractivity contribution in [3.05, 3.63) is 112 Å². The number of nitrogens with zero attached hydrogens (tertiary/aromatic N) is 3. The van der Waals surface area contributed by atoms with Gasteiger partial charge >= 0.3 is 6.03 Å². The predicted molar refractivity (Wildman–Crippen MR) is 145 cm³/mol. The predicted octanol–water partition coefficient (Wildman–Crippen LogP) is 4.26. The molecule has 1 aliphatic heterocycles. The number of fused-ring (bicyclic) bond motifs is 1. The number of carbonyl (C=O) groups excluding carboxylic acids is 2. The van der Waals surface area contributed by atoms with E-state index in [0.717, 1.165) is 33.4 Å². The number of carbonyl (C=O) groups is 2. The molecule has 2 aromatic heterocycles. The molecular weight excluding hydrogens is 494 g/mol. The van der Waals surface area contributed by atoms with Gasteiger partial charge in [0.2, 0.25) is 0 Å². The lowest BCUT2D eigenvalue weighted by atomic mass is 9.85. The van der Waals surface area contributed by atoms with E-state index in [2.05, 4.69) is 27.4 Å². The van der Waals surface area contributed by atoms with Crippen LogP contribution in [0.5, 0.6) is 5.75 Å². The van der Waals surface area contributed by atoms with Gasteiger partial charge in [-0.05, 0) is 66.3 Å². The van der Waals surface area contributed by atoms with Crippen LogP contribution in [0, 0.1) is 13.8 Å². The molecule has 0 bridgehead atoms. The summed E-state index contributed by atoms with van der Waals surface area (Å²) >= 11 is 0. The van der Waals surface area contributed by atoms with Crippen molar-refractivity contribution in [3.63, 3.8) is 0 Å². The van der Waals surface area contributed by atoms with Crippen LogP contribution in [-0.4, -0.2) is 40.0 Å². The topological polar surface area (TPSA) is 124 Å². The van der Waals surface area contributed by atoms with Crippen LogP contribution in [0.3, 0.4) is 0 Å². The van der Waals surface area contributed by atoms with Gasteiger partial charge in [-0.25, -0.2) is 9.78 Å². The normalized spacial score (nSPS) is 14.5. The van der Waals surface area contributed by atoms with Crippen molar-refractivity contribution in [1.82, 2.24) is 20.2 Å². The van der Waals surface area contributed by atoms with Crippen molar-refractivity contribution in [3.8, 4) is 5.75 Å². The maximum Gasteiger partial charge on any atom is 0.318 e. The maximum absolute atomic E-state index is 13.5. The van der Waals surface area contributed by atoms with Crippen LogP contribution in [-0.2, 0) is 19.4 Å². The van der Waals surface area contributed by atoms with E-state index in [1.54, 1.807) is 12.4 Å². The van der Waals surface area contributed by atoms with Crippen LogP contribution < -0.4 is 15.8 Å². The number of oxazole rings is 1. The second kappa shape index (κ2) is 11.4. The van der Waals surface area contributed by atoms with Crippen molar-refractivity contribution < 1.29 is 18.7 Å². The Bertz CT molecular complexity index is 1470. The van der Waals surface area contributed by atoms with E-state index in [1.807, 2.05) is 49.1 Å². The van der Waals surface area contributed by atoms with Crippen molar-refractivity contribution >= 4 is 11.9 Å². The molecule has 0 aliphatic carbocycles. The standard InChI is InChI=1S/C30H31N5O4/c1-19-5-6-24(20(2)12-19)28-25-14-27(39-11-8-21-4-3-9-32-15-21)26(29(31)36)13-22(25)7-10-35(28)30(37)33-16-23-17-38-18-34-23/h3-6,9,12-15,17-18,28H,7-8,10-11,16H2,1-2H3,(H2,31,36)(H,33,37). The average molecular weight is 526 g/mol. The highest BCUT2D eigenvalue weighted by atomic mass is 16.5. The highest BCUT2D eigenvalue weighted by Crippen LogP contribution is 2.40. The van der Waals surface area contributed by atoms with Gasteiger partial charge in [0, 0.05) is 25.4 Å². The third-order valence-corrected chi connectivity index (χ3v) is 6.99. The highest BCUT2D eigenvalue weighted by Gasteiger charge is 2.34. The third kappa shape index (κ3) is 5.77. The summed E-state index contributed by atoms with van der Waals surface area (Å²) in [5, 5.41) is 2.97. The lowest BCUT2D eigenvalue weighted by Crippen LogP contribution is -2.46. The van der Waals surface area contributed by atoms with Crippen LogP contribution in [0.4, 0.5) is 4.79 Å². The van der Waals surface area contributed by atoms with Crippen molar-refractivity contribution in [2.24, 2.45) is 5.73 Å². The smallest absolute Gasteiger partial charge is 0.318 e. The fourth-order valence-corrected chi connectivity index (χ4v) is 5.07. The Kier molecular flexibility index (Phi) is 7.58. The van der Waals surface area contributed by atoms with Crippen LogP contribution in [0.2, 0.25) is 0 Å². The van der Waals surface area contributed by atoms with Gasteiger partial charge < -0.3 is 25.1 Å². The molecule has 2 aromatic carbocycles. The number of primary amides is 1. The van der Waals surface area contributed by atoms with Crippen molar-refractivity contribution in [2.75, 3.05) is 13.2 Å². The van der Waals surface area contributed by atoms with E-state index < -0.39 is 5.91 Å². The highest BCUT2D eigenvalue weighted by molar-refractivity contribution is 5.96. The van der Waals surface area contributed by atoms with E-state index in [4.69, 9.17) is 14.9 Å². The molecule has 3 amide bonds. The first-order valence-corrected chi connectivity index (χ1v) is 12.9. The minimum absolute atomic E-state index is 0.216. The third-order valence-electron chi connectivity index (χ3n) is 6.99. The van der Waals surface area contributed by atoms with Crippen LogP contribution in [0.25, 0.3) is 0 Å². The summed E-state index contributed by atoms with van der Waals surface area (Å²) in [5.74, 6) is -0.144. The first-order valence-electron chi connectivity index (χ1n) is 12.9. The van der Waals surface area contributed by atoms with Crippen molar-refractivity contribution in [1.29, 1.82) is 0 Å².